The number of amides is 4. The second-order valence-corrected chi connectivity index (χ2v) is 16.6. The molecule has 320 valence electrons. The molecule has 3 saturated heterocycles. The Hall–Kier alpha value is -5.84. The van der Waals surface area contributed by atoms with Crippen LogP contribution >= 0.6 is 0 Å². The van der Waals surface area contributed by atoms with Crippen molar-refractivity contribution < 1.29 is 42.2 Å². The van der Waals surface area contributed by atoms with Gasteiger partial charge >= 0.3 is 12.2 Å². The van der Waals surface area contributed by atoms with Crippen molar-refractivity contribution in [2.45, 2.75) is 89.1 Å². The van der Waals surface area contributed by atoms with E-state index in [2.05, 4.69) is 30.3 Å². The first-order chi connectivity index (χ1) is 28.6. The topological polar surface area (TPSA) is 184 Å². The molecule has 17 heteroatoms. The van der Waals surface area contributed by atoms with Gasteiger partial charge in [0, 0.05) is 19.4 Å². The minimum absolute atomic E-state index is 0.175. The molecule has 4 aromatic rings. The number of ether oxygens (including phenoxy) is 3. The summed E-state index contributed by atoms with van der Waals surface area (Å²) in [4.78, 5) is 70.2. The summed E-state index contributed by atoms with van der Waals surface area (Å²) in [5, 5.41) is 5.19. The largest absolute Gasteiger partial charge is 0.453 e. The number of H-pyrrole nitrogens is 2. The van der Waals surface area contributed by atoms with Gasteiger partial charge in [-0.1, -0.05) is 76.2 Å². The Morgan fingerprint density at radius 3 is 1.57 bits per heavy atom. The van der Waals surface area contributed by atoms with Gasteiger partial charge in [-0.3, -0.25) is 9.59 Å². The van der Waals surface area contributed by atoms with E-state index in [0.717, 1.165) is 45.7 Å². The maximum atomic E-state index is 14.8. The zero-order valence-corrected chi connectivity index (χ0v) is 34.6. The van der Waals surface area contributed by atoms with E-state index in [4.69, 9.17) is 14.5 Å². The predicted molar refractivity (Wildman–Crippen MR) is 216 cm³/mol. The van der Waals surface area contributed by atoms with E-state index >= 15 is 0 Å². The number of carbonyl (C=O) groups is 4. The summed E-state index contributed by atoms with van der Waals surface area (Å²) in [5.74, 6) is -3.66. The average Bonchev–Trinajstić information content (AvgIpc) is 4.09. The van der Waals surface area contributed by atoms with Gasteiger partial charge in [0.15, 0.2) is 0 Å². The summed E-state index contributed by atoms with van der Waals surface area (Å²) in [6, 6.07) is 12.5. The number of rotatable bonds is 11. The van der Waals surface area contributed by atoms with Gasteiger partial charge in [-0.05, 0) is 46.9 Å². The molecule has 60 heavy (non-hydrogen) atoms. The number of aromatic amines is 2. The number of methoxy groups -OCH3 is 2. The van der Waals surface area contributed by atoms with E-state index in [0.29, 0.717) is 31.1 Å². The molecular formula is C43H52F2N8O7. The molecule has 0 aliphatic carbocycles. The highest BCUT2D eigenvalue weighted by Crippen LogP contribution is 2.45. The monoisotopic (exact) mass is 830 g/mol. The van der Waals surface area contributed by atoms with Gasteiger partial charge in [-0.2, -0.15) is 0 Å². The molecule has 0 radical (unpaired) electrons. The first-order valence-electron chi connectivity index (χ1n) is 20.2. The van der Waals surface area contributed by atoms with Gasteiger partial charge in [-0.25, -0.2) is 28.3 Å². The normalized spacial score (nSPS) is 22.0. The van der Waals surface area contributed by atoms with Crippen LogP contribution in [0.2, 0.25) is 0 Å². The number of hydrogen-bond acceptors (Lipinski definition) is 9. The zero-order chi connectivity index (χ0) is 42.9. The summed E-state index contributed by atoms with van der Waals surface area (Å²) in [7, 11) is 2.44. The van der Waals surface area contributed by atoms with Crippen LogP contribution in [-0.4, -0.2) is 111 Å². The van der Waals surface area contributed by atoms with Crippen molar-refractivity contribution in [1.82, 2.24) is 40.4 Å². The van der Waals surface area contributed by atoms with E-state index in [1.54, 1.807) is 31.1 Å². The van der Waals surface area contributed by atoms with Crippen LogP contribution in [0.15, 0.2) is 60.9 Å². The Kier molecular flexibility index (Phi) is 12.0. The number of nitrogens with one attached hydrogen (secondary N) is 4. The van der Waals surface area contributed by atoms with E-state index < -0.39 is 60.7 Å². The number of aromatic nitrogens is 4. The molecule has 0 unspecified atom stereocenters. The highest BCUT2D eigenvalue weighted by molar-refractivity contribution is 5.87. The number of nitrogens with zero attached hydrogens (tertiary/aromatic N) is 4. The van der Waals surface area contributed by atoms with Gasteiger partial charge in [0.05, 0.1) is 68.8 Å². The number of alkyl carbamates (subject to hydrolysis) is 2. The number of imidazole rings is 2. The second kappa shape index (κ2) is 17.0. The summed E-state index contributed by atoms with van der Waals surface area (Å²) >= 11 is 0. The third-order valence-corrected chi connectivity index (χ3v) is 11.8. The number of alkyl halides is 2. The quantitative estimate of drug-likeness (QED) is 0.129. The molecule has 5 atom stereocenters. The molecule has 2 aromatic heterocycles. The maximum absolute atomic E-state index is 14.8. The smallest absolute Gasteiger partial charge is 0.407 e. The maximum Gasteiger partial charge on any atom is 0.407 e. The second-order valence-electron chi connectivity index (χ2n) is 16.6. The molecule has 15 nitrogen and oxygen atoms in total. The minimum Gasteiger partial charge on any atom is -0.453 e. The number of hydrogen-bond donors (Lipinski definition) is 4. The van der Waals surface area contributed by atoms with E-state index in [-0.39, 0.29) is 29.6 Å². The molecule has 1 spiro atoms. The van der Waals surface area contributed by atoms with Gasteiger partial charge < -0.3 is 44.6 Å². The Morgan fingerprint density at radius 2 is 1.15 bits per heavy atom. The summed E-state index contributed by atoms with van der Waals surface area (Å²) in [6.45, 7) is 7.44. The fraction of sp³-hybridized carbons (Fsp3) is 0.488. The molecular weight excluding hydrogens is 779 g/mol. The molecule has 3 fully saturated rings. The van der Waals surface area contributed by atoms with Crippen molar-refractivity contribution in [3.05, 3.63) is 72.6 Å². The van der Waals surface area contributed by atoms with Crippen LogP contribution in [0.3, 0.4) is 0 Å². The minimum atomic E-state index is -3.13. The lowest BCUT2D eigenvalue weighted by Crippen LogP contribution is -2.51. The van der Waals surface area contributed by atoms with Crippen LogP contribution in [0.4, 0.5) is 18.4 Å². The van der Waals surface area contributed by atoms with Crippen LogP contribution in [0, 0.1) is 11.8 Å². The molecule has 0 saturated carbocycles. The molecule has 2 aromatic carbocycles. The van der Waals surface area contributed by atoms with Crippen molar-refractivity contribution >= 4 is 24.0 Å². The van der Waals surface area contributed by atoms with Crippen LogP contribution in [0.25, 0.3) is 33.6 Å². The molecule has 4 amide bonds. The lowest BCUT2D eigenvalue weighted by atomic mass is 9.96. The standard InChI is InChI=1S/C43H52F2N8O7/c1-24(2)34(50-40(56)58-5)38(54)52-22-42(16-7-17-60-42)18-32(52)36-46-20-30(48-36)28-12-8-26(9-13-28)27-10-14-29(15-11-27)31-21-47-37(49-31)33-19-43(44,45)23-53(33)39(55)35(25(3)4)51-41(57)59-6/h8-15,20-21,24-25,32-35H,7,16-19,22-23H2,1-6H3,(H,46,48)(H,47,49)(H,50,56)(H,51,57)/t32-,33-,34-,35-,42-/m0/s1. The third kappa shape index (κ3) is 8.72. The van der Waals surface area contributed by atoms with Crippen molar-refractivity contribution in [2.75, 3.05) is 33.9 Å². The number of likely N-dealkylation sites (tertiary alicyclic amines) is 2. The van der Waals surface area contributed by atoms with E-state index in [9.17, 15) is 28.0 Å². The SMILES string of the molecule is COC(=O)N[C@H](C(=O)N1CC(F)(F)C[C@H]1c1ncc(-c2ccc(-c3ccc(-c4cnc([C@@H]5C[C@@]6(CCCO6)CN5C(=O)[C@@H](NC(=O)OC)C(C)C)[nH]4)cc3)cc2)[nH]1)C(C)C. The highest BCUT2D eigenvalue weighted by Gasteiger charge is 2.52. The number of halogens is 2. The first-order valence-corrected chi connectivity index (χ1v) is 20.2. The number of benzene rings is 2. The summed E-state index contributed by atoms with van der Waals surface area (Å²) in [6.07, 6.45) is 3.58. The Labute approximate surface area is 347 Å². The van der Waals surface area contributed by atoms with Gasteiger partial charge in [-0.15, -0.1) is 0 Å². The molecule has 3 aliphatic rings. The first kappa shape index (κ1) is 42.3. The van der Waals surface area contributed by atoms with E-state index in [1.807, 2.05) is 62.4 Å². The fourth-order valence-electron chi connectivity index (χ4n) is 8.50. The van der Waals surface area contributed by atoms with Crippen LogP contribution in [0.1, 0.15) is 77.1 Å². The van der Waals surface area contributed by atoms with E-state index in [1.165, 1.54) is 14.2 Å². The van der Waals surface area contributed by atoms with Crippen molar-refractivity contribution in [3.63, 3.8) is 0 Å². The van der Waals surface area contributed by atoms with Crippen LogP contribution < -0.4 is 10.6 Å². The van der Waals surface area contributed by atoms with Crippen molar-refractivity contribution in [1.29, 1.82) is 0 Å². The Balaban J connectivity index is 1.05. The van der Waals surface area contributed by atoms with Crippen LogP contribution in [0.5, 0.6) is 0 Å². The molecule has 3 aliphatic heterocycles. The number of carbonyl (C=O) groups excluding carboxylic acids is 4. The Morgan fingerprint density at radius 1 is 0.717 bits per heavy atom. The lowest BCUT2D eigenvalue weighted by molar-refractivity contribution is -0.137. The molecule has 0 bridgehead atoms. The van der Waals surface area contributed by atoms with Gasteiger partial charge in [0.1, 0.15) is 23.7 Å². The van der Waals surface area contributed by atoms with Crippen molar-refractivity contribution in [2.24, 2.45) is 11.8 Å². The predicted octanol–water partition coefficient (Wildman–Crippen LogP) is 6.63. The highest BCUT2D eigenvalue weighted by atomic mass is 19.3. The molecule has 5 heterocycles. The molecule has 7 rings (SSSR count). The fourth-order valence-corrected chi connectivity index (χ4v) is 8.50. The van der Waals surface area contributed by atoms with Gasteiger partial charge in [0.25, 0.3) is 5.92 Å². The van der Waals surface area contributed by atoms with Gasteiger partial charge in [0.2, 0.25) is 11.8 Å². The average molecular weight is 831 g/mol. The van der Waals surface area contributed by atoms with Crippen LogP contribution in [-0.2, 0) is 23.8 Å². The lowest BCUT2D eigenvalue weighted by Gasteiger charge is -2.30. The van der Waals surface area contributed by atoms with Crippen molar-refractivity contribution in [3.8, 4) is 33.6 Å². The molecule has 4 N–H and O–H groups in total. The Bertz CT molecular complexity index is 2180. The summed E-state index contributed by atoms with van der Waals surface area (Å²) < 4.78 is 45.3. The zero-order valence-electron chi connectivity index (χ0n) is 34.6. The summed E-state index contributed by atoms with van der Waals surface area (Å²) in [5.41, 5.74) is 4.51. The third-order valence-electron chi connectivity index (χ3n) is 11.8.